The molecule has 3 heterocycles. The van der Waals surface area contributed by atoms with Crippen molar-refractivity contribution >= 4 is 23.2 Å². The number of nitrogens with zero attached hydrogens (tertiary/aromatic N) is 2. The molecular weight excluding hydrogens is 346 g/mol. The lowest BCUT2D eigenvalue weighted by Gasteiger charge is -2.18. The van der Waals surface area contributed by atoms with E-state index in [4.69, 9.17) is 8.83 Å². The number of anilines is 1. The molecule has 7 nitrogen and oxygen atoms in total. The van der Waals surface area contributed by atoms with Crippen LogP contribution in [-0.4, -0.2) is 22.5 Å². The highest BCUT2D eigenvalue weighted by atomic mass is 16.3. The van der Waals surface area contributed by atoms with Gasteiger partial charge in [0, 0.05) is 19.0 Å². The fourth-order valence-corrected chi connectivity index (χ4v) is 3.04. The van der Waals surface area contributed by atoms with Crippen molar-refractivity contribution in [1.82, 2.24) is 5.01 Å². The molecule has 136 valence electrons. The van der Waals surface area contributed by atoms with Crippen molar-refractivity contribution in [2.45, 2.75) is 19.4 Å². The molecule has 0 radical (unpaired) electrons. The fourth-order valence-electron chi connectivity index (χ4n) is 3.04. The molecule has 27 heavy (non-hydrogen) atoms. The Hall–Kier alpha value is -3.61. The number of hydrogen-bond donors (Lipinski definition) is 1. The number of carbonyl (C=O) groups excluding carboxylic acids is 2. The van der Waals surface area contributed by atoms with E-state index in [0.717, 1.165) is 11.3 Å². The lowest BCUT2D eigenvalue weighted by molar-refractivity contribution is -0.114. The van der Waals surface area contributed by atoms with E-state index in [0.29, 0.717) is 17.9 Å². The Morgan fingerprint density at radius 2 is 1.81 bits per heavy atom. The Morgan fingerprint density at radius 3 is 2.44 bits per heavy atom. The first-order valence-electron chi connectivity index (χ1n) is 8.48. The summed E-state index contributed by atoms with van der Waals surface area (Å²) in [5, 5.41) is 8.66. The van der Waals surface area contributed by atoms with Gasteiger partial charge >= 0.3 is 5.91 Å². The van der Waals surface area contributed by atoms with Gasteiger partial charge in [0.25, 0.3) is 0 Å². The second-order valence-electron chi connectivity index (χ2n) is 6.17. The highest BCUT2D eigenvalue weighted by Crippen LogP contribution is 2.34. The van der Waals surface area contributed by atoms with Crippen LogP contribution in [0.25, 0.3) is 0 Å². The first kappa shape index (κ1) is 16.8. The van der Waals surface area contributed by atoms with Crippen molar-refractivity contribution in [3.8, 4) is 0 Å². The molecule has 2 amide bonds. The summed E-state index contributed by atoms with van der Waals surface area (Å²) in [6.45, 7) is 1.46. The summed E-state index contributed by atoms with van der Waals surface area (Å²) in [6, 6.07) is 13.9. The van der Waals surface area contributed by atoms with E-state index in [1.54, 1.807) is 36.6 Å². The van der Waals surface area contributed by atoms with Crippen LogP contribution >= 0.6 is 0 Å². The summed E-state index contributed by atoms with van der Waals surface area (Å²) in [7, 11) is 0. The molecule has 7 heteroatoms. The molecule has 0 fully saturated rings. The highest BCUT2D eigenvalue weighted by molar-refractivity contribution is 6.04. The van der Waals surface area contributed by atoms with E-state index in [1.807, 2.05) is 18.2 Å². The summed E-state index contributed by atoms with van der Waals surface area (Å²) < 4.78 is 10.8. The minimum absolute atomic E-state index is 0.131. The Balaban J connectivity index is 1.64. The SMILES string of the molecule is CC(=O)Nc1ccc(C2=NN(C(=O)c3ccco3)[C@H](c3ccco3)C2)cc1. The standard InChI is InChI=1S/C20H17N3O4/c1-13(24)21-15-8-6-14(7-9-15)16-12-17(18-4-2-10-26-18)23(22-16)20(25)19-5-3-11-27-19/h2-11,17H,12H2,1H3,(H,21,24)/t17-/m0/s1. The molecule has 0 saturated heterocycles. The summed E-state index contributed by atoms with van der Waals surface area (Å²) in [5.74, 6) is 0.418. The Morgan fingerprint density at radius 1 is 1.07 bits per heavy atom. The highest BCUT2D eigenvalue weighted by Gasteiger charge is 2.36. The maximum Gasteiger partial charge on any atom is 0.310 e. The molecular formula is C20H17N3O4. The molecule has 3 aromatic rings. The van der Waals surface area contributed by atoms with E-state index < -0.39 is 0 Å². The summed E-state index contributed by atoms with van der Waals surface area (Å²) in [6.07, 6.45) is 3.54. The van der Waals surface area contributed by atoms with Gasteiger partial charge in [0.1, 0.15) is 11.8 Å². The minimum Gasteiger partial charge on any atom is -0.467 e. The van der Waals surface area contributed by atoms with E-state index in [-0.39, 0.29) is 23.6 Å². The third kappa shape index (κ3) is 3.39. The predicted octanol–water partition coefficient (Wildman–Crippen LogP) is 3.82. The number of hydrogen-bond acceptors (Lipinski definition) is 5. The normalized spacial score (nSPS) is 16.3. The second-order valence-corrected chi connectivity index (χ2v) is 6.17. The van der Waals surface area contributed by atoms with Gasteiger partial charge < -0.3 is 14.2 Å². The van der Waals surface area contributed by atoms with Crippen LogP contribution in [0, 0.1) is 0 Å². The van der Waals surface area contributed by atoms with Gasteiger partial charge in [-0.3, -0.25) is 9.59 Å². The van der Waals surface area contributed by atoms with Crippen LogP contribution in [0.3, 0.4) is 0 Å². The number of amides is 2. The topological polar surface area (TPSA) is 88.0 Å². The minimum atomic E-state index is -0.345. The maximum absolute atomic E-state index is 12.8. The second kappa shape index (κ2) is 6.95. The zero-order valence-electron chi connectivity index (χ0n) is 14.6. The summed E-state index contributed by atoms with van der Waals surface area (Å²) in [5.41, 5.74) is 2.33. The van der Waals surface area contributed by atoms with E-state index in [1.165, 1.54) is 18.2 Å². The molecule has 1 atom stereocenters. The van der Waals surface area contributed by atoms with Gasteiger partial charge in [-0.05, 0) is 42.0 Å². The van der Waals surface area contributed by atoms with Crippen LogP contribution < -0.4 is 5.32 Å². The number of furan rings is 2. The average molecular weight is 363 g/mol. The zero-order chi connectivity index (χ0) is 18.8. The molecule has 2 aromatic heterocycles. The monoisotopic (exact) mass is 363 g/mol. The number of nitrogens with one attached hydrogen (secondary N) is 1. The smallest absolute Gasteiger partial charge is 0.310 e. The Bertz CT molecular complexity index is 973. The first-order valence-corrected chi connectivity index (χ1v) is 8.48. The molecule has 0 unspecified atom stereocenters. The van der Waals surface area contributed by atoms with Crippen molar-refractivity contribution in [1.29, 1.82) is 0 Å². The molecule has 0 aliphatic carbocycles. The third-order valence-corrected chi connectivity index (χ3v) is 4.26. The van der Waals surface area contributed by atoms with Gasteiger partial charge in [0.2, 0.25) is 5.91 Å². The Labute approximate surface area is 155 Å². The van der Waals surface area contributed by atoms with Crippen molar-refractivity contribution in [3.05, 3.63) is 78.1 Å². The number of benzene rings is 1. The van der Waals surface area contributed by atoms with Gasteiger partial charge in [0.05, 0.1) is 18.2 Å². The van der Waals surface area contributed by atoms with Crippen molar-refractivity contribution in [2.75, 3.05) is 5.32 Å². The number of hydrazone groups is 1. The number of rotatable bonds is 4. The lowest BCUT2D eigenvalue weighted by Crippen LogP contribution is -2.26. The van der Waals surface area contributed by atoms with Crippen LogP contribution in [-0.2, 0) is 4.79 Å². The van der Waals surface area contributed by atoms with Gasteiger partial charge in [0.15, 0.2) is 5.76 Å². The van der Waals surface area contributed by atoms with Gasteiger partial charge in [-0.1, -0.05) is 12.1 Å². The average Bonchev–Trinajstić information content (AvgIpc) is 3.41. The first-order chi connectivity index (χ1) is 13.1. The quantitative estimate of drug-likeness (QED) is 0.763. The fraction of sp³-hybridized carbons (Fsp3) is 0.150. The van der Waals surface area contributed by atoms with Gasteiger partial charge in [-0.15, -0.1) is 0 Å². The lowest BCUT2D eigenvalue weighted by atomic mass is 10.0. The molecule has 4 rings (SSSR count). The summed E-state index contributed by atoms with van der Waals surface area (Å²) >= 11 is 0. The maximum atomic E-state index is 12.8. The third-order valence-electron chi connectivity index (χ3n) is 4.26. The molecule has 1 aromatic carbocycles. The van der Waals surface area contributed by atoms with Gasteiger partial charge in [-0.25, -0.2) is 5.01 Å². The van der Waals surface area contributed by atoms with Crippen molar-refractivity contribution in [2.24, 2.45) is 5.10 Å². The van der Waals surface area contributed by atoms with Crippen LogP contribution in [0.1, 0.15) is 41.3 Å². The van der Waals surface area contributed by atoms with Crippen molar-refractivity contribution in [3.63, 3.8) is 0 Å². The zero-order valence-corrected chi connectivity index (χ0v) is 14.6. The van der Waals surface area contributed by atoms with Crippen LogP contribution in [0.4, 0.5) is 5.69 Å². The van der Waals surface area contributed by atoms with Crippen LogP contribution in [0.2, 0.25) is 0 Å². The van der Waals surface area contributed by atoms with Crippen LogP contribution in [0.15, 0.2) is 75.0 Å². The molecule has 0 saturated carbocycles. The molecule has 1 aliphatic rings. The Kier molecular flexibility index (Phi) is 4.33. The van der Waals surface area contributed by atoms with E-state index in [2.05, 4.69) is 10.4 Å². The number of carbonyl (C=O) groups is 2. The predicted molar refractivity (Wildman–Crippen MR) is 98.2 cm³/mol. The van der Waals surface area contributed by atoms with Crippen molar-refractivity contribution < 1.29 is 18.4 Å². The van der Waals surface area contributed by atoms with E-state index in [9.17, 15) is 9.59 Å². The largest absolute Gasteiger partial charge is 0.467 e. The van der Waals surface area contributed by atoms with Gasteiger partial charge in [-0.2, -0.15) is 5.10 Å². The van der Waals surface area contributed by atoms with E-state index >= 15 is 0 Å². The molecule has 1 N–H and O–H groups in total. The molecule has 1 aliphatic heterocycles. The van der Waals surface area contributed by atoms with Crippen LogP contribution in [0.5, 0.6) is 0 Å². The molecule has 0 spiro atoms. The summed E-state index contributed by atoms with van der Waals surface area (Å²) in [4.78, 5) is 24.0. The molecule has 0 bridgehead atoms.